The van der Waals surface area contributed by atoms with Crippen molar-refractivity contribution in [3.05, 3.63) is 65.7 Å². The van der Waals surface area contributed by atoms with E-state index in [4.69, 9.17) is 4.74 Å². The molecular weight excluding hydrogens is 391 g/mol. The van der Waals surface area contributed by atoms with Gasteiger partial charge in [-0.15, -0.1) is 0 Å². The minimum absolute atomic E-state index is 0.153. The summed E-state index contributed by atoms with van der Waals surface area (Å²) in [6, 6.07) is 10.8. The zero-order valence-corrected chi connectivity index (χ0v) is 18.2. The van der Waals surface area contributed by atoms with Crippen LogP contribution in [0.5, 0.6) is 5.88 Å². The first-order chi connectivity index (χ1) is 15.1. The number of benzene rings is 1. The van der Waals surface area contributed by atoms with Gasteiger partial charge in [0.1, 0.15) is 11.3 Å². The van der Waals surface area contributed by atoms with Crippen molar-refractivity contribution in [2.45, 2.75) is 51.4 Å². The fourth-order valence-corrected chi connectivity index (χ4v) is 5.09. The lowest BCUT2D eigenvalue weighted by atomic mass is 9.71. The van der Waals surface area contributed by atoms with E-state index in [1.807, 2.05) is 12.1 Å². The molecule has 3 aromatic rings. The maximum absolute atomic E-state index is 14.1. The number of nitrogens with zero attached hydrogens (tertiary/aromatic N) is 2. The van der Waals surface area contributed by atoms with Crippen molar-refractivity contribution >= 4 is 16.7 Å². The summed E-state index contributed by atoms with van der Waals surface area (Å²) in [5.74, 6) is 1.75. The van der Waals surface area contributed by atoms with Crippen molar-refractivity contribution in [1.82, 2.24) is 9.97 Å². The van der Waals surface area contributed by atoms with Crippen molar-refractivity contribution in [1.29, 1.82) is 0 Å². The number of pyridine rings is 2. The molecule has 0 radical (unpaired) electrons. The van der Waals surface area contributed by atoms with Gasteiger partial charge in [0.25, 0.3) is 0 Å². The Balaban J connectivity index is 1.41. The number of para-hydroxylation sites is 1. The average Bonchev–Trinajstić information content (AvgIpc) is 2.82. The first kappa shape index (κ1) is 21.4. The summed E-state index contributed by atoms with van der Waals surface area (Å²) in [5, 5.41) is 0.931. The Morgan fingerprint density at radius 3 is 2.61 bits per heavy atom. The van der Waals surface area contributed by atoms with Crippen LogP contribution in [0.1, 0.15) is 67.3 Å². The first-order valence-corrected chi connectivity index (χ1v) is 11.2. The highest BCUT2D eigenvalue weighted by Crippen LogP contribution is 2.42. The summed E-state index contributed by atoms with van der Waals surface area (Å²) in [5.41, 5.74) is 2.32. The average molecular weight is 421 g/mol. The van der Waals surface area contributed by atoms with Crippen LogP contribution < -0.4 is 4.74 Å². The summed E-state index contributed by atoms with van der Waals surface area (Å²) in [4.78, 5) is 21.2. The van der Waals surface area contributed by atoms with Gasteiger partial charge in [-0.25, -0.2) is 9.37 Å². The number of aromatic nitrogens is 2. The van der Waals surface area contributed by atoms with Crippen LogP contribution in [0.3, 0.4) is 0 Å². The summed E-state index contributed by atoms with van der Waals surface area (Å²) in [7, 11) is 1.57. The van der Waals surface area contributed by atoms with Crippen molar-refractivity contribution < 1.29 is 13.9 Å². The number of carbonyl (C=O) groups is 1. The number of methoxy groups -OCH3 is 1. The van der Waals surface area contributed by atoms with Crippen LogP contribution >= 0.6 is 0 Å². The minimum atomic E-state index is -0.259. The summed E-state index contributed by atoms with van der Waals surface area (Å²) >= 11 is 0. The zero-order chi connectivity index (χ0) is 21.8. The monoisotopic (exact) mass is 420 g/mol. The van der Waals surface area contributed by atoms with Crippen LogP contribution in [0.15, 0.2) is 48.8 Å². The van der Waals surface area contributed by atoms with Crippen molar-refractivity contribution in [2.24, 2.45) is 11.8 Å². The van der Waals surface area contributed by atoms with Crippen LogP contribution in [-0.4, -0.2) is 22.9 Å². The number of hydrogen-bond acceptors (Lipinski definition) is 4. The van der Waals surface area contributed by atoms with E-state index in [-0.39, 0.29) is 11.6 Å². The Kier molecular flexibility index (Phi) is 6.59. The van der Waals surface area contributed by atoms with Gasteiger partial charge in [-0.3, -0.25) is 9.78 Å². The lowest BCUT2D eigenvalue weighted by molar-refractivity contribution is 0.0925. The second-order valence-corrected chi connectivity index (χ2v) is 8.53. The Morgan fingerprint density at radius 2 is 1.94 bits per heavy atom. The van der Waals surface area contributed by atoms with Crippen molar-refractivity contribution in [2.75, 3.05) is 7.11 Å². The summed E-state index contributed by atoms with van der Waals surface area (Å²) in [6.45, 7) is 2.18. The quantitative estimate of drug-likeness (QED) is 0.418. The number of ketones is 1. The van der Waals surface area contributed by atoms with Crippen LogP contribution in [-0.2, 0) is 0 Å². The number of Topliss-reactive ketones (excluding diaryl/α,β-unsaturated/α-hetero) is 1. The van der Waals surface area contributed by atoms with Gasteiger partial charge in [0.05, 0.1) is 7.11 Å². The predicted molar refractivity (Wildman–Crippen MR) is 120 cm³/mol. The molecule has 2 aromatic heterocycles. The van der Waals surface area contributed by atoms with Crippen molar-refractivity contribution in [3.63, 3.8) is 0 Å². The van der Waals surface area contributed by atoms with E-state index < -0.39 is 0 Å². The molecular formula is C26H29FN2O2. The number of fused-ring (bicyclic) bond motifs is 1. The van der Waals surface area contributed by atoms with Crippen LogP contribution in [0.4, 0.5) is 4.39 Å². The van der Waals surface area contributed by atoms with E-state index in [2.05, 4.69) is 16.9 Å². The third kappa shape index (κ3) is 4.60. The Labute approximate surface area is 182 Å². The highest BCUT2D eigenvalue weighted by Gasteiger charge is 2.29. The van der Waals surface area contributed by atoms with Gasteiger partial charge < -0.3 is 4.74 Å². The fraction of sp³-hybridized carbons (Fsp3) is 0.423. The highest BCUT2D eigenvalue weighted by atomic mass is 19.1. The minimum Gasteiger partial charge on any atom is -0.481 e. The summed E-state index contributed by atoms with van der Waals surface area (Å²) in [6.07, 6.45) is 9.20. The molecule has 1 saturated carbocycles. The highest BCUT2D eigenvalue weighted by molar-refractivity contribution is 5.96. The lowest BCUT2D eigenvalue weighted by Crippen LogP contribution is -2.23. The molecule has 1 atom stereocenters. The number of rotatable bonds is 7. The maximum atomic E-state index is 14.1. The molecule has 0 spiro atoms. The Morgan fingerprint density at radius 1 is 1.13 bits per heavy atom. The molecule has 0 N–H and O–H groups in total. The van der Waals surface area contributed by atoms with E-state index in [1.165, 1.54) is 11.6 Å². The van der Waals surface area contributed by atoms with Gasteiger partial charge in [-0.05, 0) is 67.2 Å². The number of carbonyl (C=O) groups excluding carboxylic acids is 1. The van der Waals surface area contributed by atoms with E-state index in [1.54, 1.807) is 37.7 Å². The van der Waals surface area contributed by atoms with Crippen LogP contribution in [0.2, 0.25) is 0 Å². The number of ether oxygens (including phenoxy) is 1. The smallest absolute Gasteiger partial charge is 0.212 e. The first-order valence-electron chi connectivity index (χ1n) is 11.2. The Hall–Kier alpha value is -2.82. The van der Waals surface area contributed by atoms with E-state index in [0.717, 1.165) is 37.5 Å². The molecule has 0 amide bonds. The van der Waals surface area contributed by atoms with Gasteiger partial charge in [0.15, 0.2) is 5.78 Å². The predicted octanol–water partition coefficient (Wildman–Crippen LogP) is 6.35. The molecule has 2 heterocycles. The van der Waals surface area contributed by atoms with Gasteiger partial charge in [-0.1, -0.05) is 25.5 Å². The summed E-state index contributed by atoms with van der Waals surface area (Å²) < 4.78 is 19.2. The standard InChI is InChI=1S/C26H29FN2O2/c1-3-17(15-24(30)20-11-12-25(31-2)29-16-20)18-7-9-19(10-8-18)21-13-14-28-26-22(21)5-4-6-23(26)27/h4-6,11-14,16-19H,3,7-10,15H2,1-2H3/t17-,18?,19?/m1/s1. The van der Waals surface area contributed by atoms with Gasteiger partial charge in [0, 0.05) is 35.8 Å². The van der Waals surface area contributed by atoms with E-state index in [9.17, 15) is 9.18 Å². The zero-order valence-electron chi connectivity index (χ0n) is 18.2. The molecule has 0 unspecified atom stereocenters. The maximum Gasteiger partial charge on any atom is 0.212 e. The van der Waals surface area contributed by atoms with Gasteiger partial charge in [0.2, 0.25) is 5.88 Å². The Bertz CT molecular complexity index is 1040. The second-order valence-electron chi connectivity index (χ2n) is 8.53. The molecule has 4 rings (SSSR count). The molecule has 162 valence electrons. The largest absolute Gasteiger partial charge is 0.481 e. The normalized spacial score (nSPS) is 19.8. The topological polar surface area (TPSA) is 52.1 Å². The molecule has 1 aliphatic carbocycles. The molecule has 0 bridgehead atoms. The van der Waals surface area contributed by atoms with Crippen LogP contribution in [0.25, 0.3) is 10.9 Å². The number of halogens is 1. The second kappa shape index (κ2) is 9.54. The van der Waals surface area contributed by atoms with Crippen LogP contribution in [0, 0.1) is 17.7 Å². The van der Waals surface area contributed by atoms with Crippen molar-refractivity contribution in [3.8, 4) is 5.88 Å². The molecule has 31 heavy (non-hydrogen) atoms. The SMILES string of the molecule is CC[C@H](CC(=O)c1ccc(OC)nc1)C1CCC(c2ccnc3c(F)cccc23)CC1. The van der Waals surface area contributed by atoms with Gasteiger partial charge >= 0.3 is 0 Å². The third-order valence-electron chi connectivity index (χ3n) is 6.87. The fourth-order valence-electron chi connectivity index (χ4n) is 5.09. The molecule has 0 aliphatic heterocycles. The molecule has 1 fully saturated rings. The van der Waals surface area contributed by atoms with E-state index in [0.29, 0.717) is 41.1 Å². The lowest BCUT2D eigenvalue weighted by Gasteiger charge is -2.34. The van der Waals surface area contributed by atoms with Gasteiger partial charge in [-0.2, -0.15) is 0 Å². The third-order valence-corrected chi connectivity index (χ3v) is 6.87. The molecule has 1 aromatic carbocycles. The van der Waals surface area contributed by atoms with E-state index >= 15 is 0 Å². The molecule has 1 aliphatic rings. The molecule has 5 heteroatoms. The molecule has 4 nitrogen and oxygen atoms in total. The molecule has 0 saturated heterocycles. The number of hydrogen-bond donors (Lipinski definition) is 0.